The highest BCUT2D eigenvalue weighted by molar-refractivity contribution is 7.07. The maximum Gasteiger partial charge on any atom is 0.334 e. The molecule has 1 saturated heterocycles. The van der Waals surface area contributed by atoms with Crippen molar-refractivity contribution >= 4 is 11.3 Å². The van der Waals surface area contributed by atoms with Crippen LogP contribution in [-0.2, 0) is 4.74 Å². The number of nitrogens with zero attached hydrogens (tertiary/aromatic N) is 4. The van der Waals surface area contributed by atoms with E-state index in [4.69, 9.17) is 9.15 Å². The summed E-state index contributed by atoms with van der Waals surface area (Å²) in [5, 5.41) is 2.08. The molecule has 2 aromatic rings. The first-order valence-corrected chi connectivity index (χ1v) is 15.0. The Balaban J connectivity index is -0.0000000745. The van der Waals surface area contributed by atoms with Crippen molar-refractivity contribution in [1.29, 1.82) is 0 Å². The van der Waals surface area contributed by atoms with Gasteiger partial charge < -0.3 is 18.1 Å². The van der Waals surface area contributed by atoms with Crippen LogP contribution in [0.25, 0.3) is 0 Å². The lowest BCUT2D eigenvalue weighted by Crippen LogP contribution is -2.56. The molecule has 6 nitrogen and oxygen atoms in total. The van der Waals surface area contributed by atoms with E-state index in [1.54, 1.807) is 24.0 Å². The van der Waals surface area contributed by atoms with Gasteiger partial charge in [-0.05, 0) is 76.2 Å². The molecule has 0 aromatic carbocycles. The fraction of sp³-hybridized carbons (Fsp3) is 0.829. The van der Waals surface area contributed by atoms with Crippen LogP contribution in [-0.4, -0.2) is 74.0 Å². The van der Waals surface area contributed by atoms with E-state index < -0.39 is 0 Å². The number of likely N-dealkylation sites (N-methyl/N-ethyl adjacent to an activating group) is 1. The van der Waals surface area contributed by atoms with Crippen LogP contribution in [0.5, 0.6) is 0 Å². The summed E-state index contributed by atoms with van der Waals surface area (Å²) in [5.41, 5.74) is 2.12. The van der Waals surface area contributed by atoms with Crippen LogP contribution in [0.15, 0.2) is 40.4 Å². The predicted octanol–water partition coefficient (Wildman–Crippen LogP) is 9.72. The van der Waals surface area contributed by atoms with Crippen molar-refractivity contribution < 1.29 is 27.3 Å². The van der Waals surface area contributed by atoms with Crippen LogP contribution in [0.3, 0.4) is 0 Å². The smallest absolute Gasteiger partial charge is 0.334 e. The lowest BCUT2D eigenvalue weighted by molar-refractivity contribution is -0.943. The van der Waals surface area contributed by atoms with E-state index in [0.29, 0.717) is 12.1 Å². The first kappa shape index (κ1) is 56.5. The van der Waals surface area contributed by atoms with E-state index in [0.717, 1.165) is 25.3 Å². The molecule has 0 unspecified atom stereocenters. The van der Waals surface area contributed by atoms with Gasteiger partial charge in [0.2, 0.25) is 11.7 Å². The molecule has 0 aliphatic carbocycles. The summed E-state index contributed by atoms with van der Waals surface area (Å²) in [7, 11) is 2.31. The number of hydrogen-bond donors (Lipinski definition) is 0. The fourth-order valence-corrected chi connectivity index (χ4v) is 4.86. The molecular formula is C35H84N4O2S+4. The highest BCUT2D eigenvalue weighted by atomic mass is 32.1. The standard InChI is InChI=1S/C9H22N.C8H18NO.C6H10NO.C6H10NS.6CH4/c1-6-10(7-2,8-3)9(4)5;1-8(2)9(3)4-6-10-7-5-9;2*1-6(2)7-3-4-8-5-7;;;;;;/h9H,6-8H2,1-5H3;8H,4-7H2,1-3H3;2*3-6H,1-2H3;6*1H4/q4*+1;;;;;;. The quantitative estimate of drug-likeness (QED) is 0.227. The molecule has 1 aliphatic rings. The van der Waals surface area contributed by atoms with Crippen molar-refractivity contribution in [2.75, 3.05) is 53.0 Å². The molecule has 3 rings (SSSR count). The van der Waals surface area contributed by atoms with Crippen molar-refractivity contribution in [2.24, 2.45) is 0 Å². The third-order valence-electron chi connectivity index (χ3n) is 7.91. The number of rotatable bonds is 7. The van der Waals surface area contributed by atoms with Gasteiger partial charge in [0.15, 0.2) is 24.5 Å². The van der Waals surface area contributed by atoms with Crippen LogP contribution in [0, 0.1) is 0 Å². The Morgan fingerprint density at radius 3 is 1.36 bits per heavy atom. The molecule has 3 heterocycles. The summed E-state index contributed by atoms with van der Waals surface area (Å²) >= 11 is 1.73. The first-order chi connectivity index (χ1) is 16.9. The van der Waals surface area contributed by atoms with Gasteiger partial charge in [-0.15, -0.1) is 0 Å². The van der Waals surface area contributed by atoms with Gasteiger partial charge >= 0.3 is 6.39 Å². The van der Waals surface area contributed by atoms with Crippen molar-refractivity contribution in [3.63, 3.8) is 0 Å². The summed E-state index contributed by atoms with van der Waals surface area (Å²) in [4.78, 5) is 0. The van der Waals surface area contributed by atoms with E-state index in [1.165, 1.54) is 41.7 Å². The van der Waals surface area contributed by atoms with Gasteiger partial charge in [0.1, 0.15) is 13.1 Å². The Labute approximate surface area is 271 Å². The van der Waals surface area contributed by atoms with Crippen LogP contribution in [0.2, 0.25) is 0 Å². The van der Waals surface area contributed by atoms with Crippen molar-refractivity contribution in [2.45, 2.75) is 145 Å². The number of morpholine rings is 1. The van der Waals surface area contributed by atoms with E-state index in [-0.39, 0.29) is 44.6 Å². The molecule has 7 heteroatoms. The van der Waals surface area contributed by atoms with E-state index in [1.807, 2.05) is 10.8 Å². The van der Waals surface area contributed by atoms with Gasteiger partial charge in [-0.3, -0.25) is 0 Å². The molecule has 0 saturated carbocycles. The molecule has 0 spiro atoms. The second-order valence-electron chi connectivity index (χ2n) is 11.0. The Hall–Kier alpha value is -1.28. The Morgan fingerprint density at radius 2 is 1.19 bits per heavy atom. The lowest BCUT2D eigenvalue weighted by atomic mass is 10.2. The molecule has 0 bridgehead atoms. The minimum absolute atomic E-state index is 0. The van der Waals surface area contributed by atoms with Crippen LogP contribution in [0.4, 0.5) is 0 Å². The fourth-order valence-electron chi connectivity index (χ4n) is 4.12. The zero-order valence-electron chi connectivity index (χ0n) is 25.7. The lowest BCUT2D eigenvalue weighted by Gasteiger charge is -2.41. The SMILES string of the molecule is C.C.C.C.C.C.CC(C)[N+]1(C)CCOCC1.CC(C)[n+]1ccoc1.CC(C)[n+]1ccsc1.CC[N+](CC)(CC)C(C)C. The number of hydrogen-bond acceptors (Lipinski definition) is 3. The number of ether oxygens (including phenoxy) is 1. The molecule has 0 N–H and O–H groups in total. The van der Waals surface area contributed by atoms with Crippen LogP contribution >= 0.6 is 11.3 Å². The van der Waals surface area contributed by atoms with Gasteiger partial charge in [-0.25, -0.2) is 0 Å². The summed E-state index contributed by atoms with van der Waals surface area (Å²) in [6.07, 6.45) is 7.37. The van der Waals surface area contributed by atoms with Gasteiger partial charge in [0, 0.05) is 0 Å². The molecule has 0 amide bonds. The summed E-state index contributed by atoms with van der Waals surface area (Å²) in [5.74, 6) is 0. The van der Waals surface area contributed by atoms with E-state index >= 15 is 0 Å². The maximum absolute atomic E-state index is 5.30. The van der Waals surface area contributed by atoms with Gasteiger partial charge in [0.25, 0.3) is 0 Å². The number of aromatic nitrogens is 2. The number of oxazole rings is 1. The van der Waals surface area contributed by atoms with Gasteiger partial charge in [0.05, 0.1) is 57.4 Å². The third kappa shape index (κ3) is 20.6. The Morgan fingerprint density at radius 1 is 0.738 bits per heavy atom. The average Bonchev–Trinajstić information content (AvgIpc) is 3.57. The van der Waals surface area contributed by atoms with Gasteiger partial charge in [-0.1, -0.05) is 55.9 Å². The topological polar surface area (TPSA) is 30.1 Å². The van der Waals surface area contributed by atoms with Crippen molar-refractivity contribution in [3.8, 4) is 0 Å². The monoisotopic (exact) mass is 625 g/mol. The van der Waals surface area contributed by atoms with Gasteiger partial charge in [-0.2, -0.15) is 9.13 Å². The van der Waals surface area contributed by atoms with Crippen molar-refractivity contribution in [3.05, 3.63) is 35.9 Å². The maximum atomic E-state index is 5.30. The number of thiazole rings is 1. The Bertz CT molecular complexity index is 689. The van der Waals surface area contributed by atoms with Crippen molar-refractivity contribution in [1.82, 2.24) is 0 Å². The zero-order valence-corrected chi connectivity index (χ0v) is 26.6. The minimum atomic E-state index is 0. The molecule has 0 atom stereocenters. The molecule has 1 aliphatic heterocycles. The predicted molar refractivity (Wildman–Crippen MR) is 193 cm³/mol. The van der Waals surface area contributed by atoms with E-state index in [2.05, 4.69) is 105 Å². The molecule has 1 fully saturated rings. The first-order valence-electron chi connectivity index (χ1n) is 14.0. The van der Waals surface area contributed by atoms with Crippen LogP contribution in [0.1, 0.15) is 133 Å². The third-order valence-corrected chi connectivity index (χ3v) is 8.55. The molecule has 0 radical (unpaired) electrons. The second kappa shape index (κ2) is 29.8. The summed E-state index contributed by atoms with van der Waals surface area (Å²) < 4.78 is 16.8. The number of quaternary nitrogens is 2. The molecule has 2 aromatic heterocycles. The molecule has 258 valence electrons. The average molecular weight is 625 g/mol. The van der Waals surface area contributed by atoms with Crippen LogP contribution < -0.4 is 9.13 Å². The molecule has 42 heavy (non-hydrogen) atoms. The molecular weight excluding hydrogens is 540 g/mol. The highest BCUT2D eigenvalue weighted by Gasteiger charge is 2.28. The minimum Gasteiger partial charge on any atom is -0.412 e. The zero-order chi connectivity index (χ0) is 27.8. The second-order valence-corrected chi connectivity index (χ2v) is 11.8. The largest absolute Gasteiger partial charge is 0.412 e. The highest BCUT2D eigenvalue weighted by Crippen LogP contribution is 2.12. The Kier molecular flexibility index (Phi) is 40.1. The summed E-state index contributed by atoms with van der Waals surface area (Å²) in [6.45, 7) is 32.7. The normalized spacial score (nSPS) is 13.0. The van der Waals surface area contributed by atoms with E-state index in [9.17, 15) is 0 Å². The summed E-state index contributed by atoms with van der Waals surface area (Å²) in [6, 6.07) is 2.64.